The Kier molecular flexibility index (Phi) is 6.97. The minimum Gasteiger partial charge on any atom is -0.435 e. The van der Waals surface area contributed by atoms with Crippen molar-refractivity contribution in [2.24, 2.45) is 0 Å². The molecular weight excluding hydrogens is 456 g/mol. The summed E-state index contributed by atoms with van der Waals surface area (Å²) < 4.78 is 30.3. The first-order chi connectivity index (χ1) is 16.6. The number of aromatic nitrogens is 3. The Hall–Kier alpha value is -3.60. The average molecular weight is 486 g/mol. The molecule has 5 N–H and O–H groups in total. The van der Waals surface area contributed by atoms with E-state index in [1.807, 2.05) is 20.8 Å². The molecule has 1 aliphatic heterocycles. The molecule has 0 atom stereocenters. The molecule has 1 aromatic carbocycles. The van der Waals surface area contributed by atoms with Gasteiger partial charge in [0.05, 0.1) is 17.5 Å². The summed E-state index contributed by atoms with van der Waals surface area (Å²) in [6.07, 6.45) is 4.73. The lowest BCUT2D eigenvalue weighted by atomic mass is 10.0. The van der Waals surface area contributed by atoms with Gasteiger partial charge in [0, 0.05) is 29.0 Å². The number of nitrogens with one attached hydrogen (secondary N) is 5. The Balaban J connectivity index is 1.70. The lowest BCUT2D eigenvalue weighted by Gasteiger charge is -2.26. The van der Waals surface area contributed by atoms with Crippen molar-refractivity contribution in [1.29, 1.82) is 5.41 Å². The molecule has 0 spiro atoms. The smallest absolute Gasteiger partial charge is 0.387 e. The van der Waals surface area contributed by atoms with Gasteiger partial charge in [-0.05, 0) is 64.9 Å². The molecule has 4 rings (SSSR count). The number of amides is 1. The quantitative estimate of drug-likeness (QED) is 0.325. The molecule has 3 aromatic rings. The largest absolute Gasteiger partial charge is 0.435 e. The van der Waals surface area contributed by atoms with Gasteiger partial charge < -0.3 is 25.7 Å². The Labute approximate surface area is 201 Å². The van der Waals surface area contributed by atoms with Gasteiger partial charge in [-0.25, -0.2) is 9.97 Å². The zero-order valence-corrected chi connectivity index (χ0v) is 19.8. The van der Waals surface area contributed by atoms with Crippen molar-refractivity contribution in [3.8, 4) is 5.75 Å². The predicted molar refractivity (Wildman–Crippen MR) is 130 cm³/mol. The molecule has 2 aromatic heterocycles. The lowest BCUT2D eigenvalue weighted by molar-refractivity contribution is -0.0498. The van der Waals surface area contributed by atoms with Gasteiger partial charge in [-0.1, -0.05) is 0 Å². The minimum atomic E-state index is -2.99. The van der Waals surface area contributed by atoms with Crippen LogP contribution in [0.25, 0.3) is 11.2 Å². The molecule has 186 valence electrons. The molecule has 0 bridgehead atoms. The van der Waals surface area contributed by atoms with Crippen LogP contribution in [0.3, 0.4) is 0 Å². The fourth-order valence-corrected chi connectivity index (χ4v) is 3.95. The number of carbonyl (C=O) groups is 1. The van der Waals surface area contributed by atoms with Crippen molar-refractivity contribution in [3.63, 3.8) is 0 Å². The van der Waals surface area contributed by atoms with E-state index >= 15 is 0 Å². The number of fused-ring (bicyclic) bond motifs is 1. The third-order valence-electron chi connectivity index (χ3n) is 5.55. The summed E-state index contributed by atoms with van der Waals surface area (Å²) in [4.78, 5) is 24.5. The van der Waals surface area contributed by atoms with Crippen molar-refractivity contribution in [3.05, 3.63) is 47.4 Å². The monoisotopic (exact) mass is 485 g/mol. The van der Waals surface area contributed by atoms with Crippen LogP contribution in [-0.2, 0) is 0 Å². The number of hydrogen-bond acceptors (Lipinski definition) is 7. The molecule has 3 heterocycles. The SMILES string of the molecule is CC(C)(C)NC(=O)c1c[nH]c2ncc(C(=N)c3cc(OC(F)F)ccc3NC3CCNCC3)nc12. The molecule has 0 radical (unpaired) electrons. The van der Waals surface area contributed by atoms with Crippen molar-refractivity contribution in [2.75, 3.05) is 18.4 Å². The number of benzene rings is 1. The van der Waals surface area contributed by atoms with Crippen LogP contribution < -0.4 is 20.7 Å². The van der Waals surface area contributed by atoms with Gasteiger partial charge in [0.1, 0.15) is 17.0 Å². The van der Waals surface area contributed by atoms with Crippen LogP contribution in [0.4, 0.5) is 14.5 Å². The van der Waals surface area contributed by atoms with Crippen LogP contribution in [0.1, 0.15) is 55.2 Å². The minimum absolute atomic E-state index is 0.0288. The summed E-state index contributed by atoms with van der Waals surface area (Å²) in [6.45, 7) is 4.37. The zero-order valence-electron chi connectivity index (χ0n) is 19.8. The number of rotatable bonds is 7. The highest BCUT2D eigenvalue weighted by molar-refractivity contribution is 6.14. The molecule has 1 aliphatic rings. The van der Waals surface area contributed by atoms with E-state index < -0.39 is 12.2 Å². The summed E-state index contributed by atoms with van der Waals surface area (Å²) >= 11 is 0. The fraction of sp³-hybridized carbons (Fsp3) is 0.417. The van der Waals surface area contributed by atoms with Crippen molar-refractivity contribution < 1.29 is 18.3 Å². The first-order valence-corrected chi connectivity index (χ1v) is 11.4. The molecule has 9 nitrogen and oxygen atoms in total. The zero-order chi connectivity index (χ0) is 25.2. The van der Waals surface area contributed by atoms with E-state index in [-0.39, 0.29) is 29.1 Å². The molecule has 1 fully saturated rings. The van der Waals surface area contributed by atoms with Crippen molar-refractivity contribution >= 4 is 28.5 Å². The van der Waals surface area contributed by atoms with E-state index in [0.29, 0.717) is 28.0 Å². The van der Waals surface area contributed by atoms with Crippen LogP contribution >= 0.6 is 0 Å². The number of hydrogen-bond donors (Lipinski definition) is 5. The molecule has 0 saturated carbocycles. The number of alkyl halides is 2. The van der Waals surface area contributed by atoms with E-state index in [4.69, 9.17) is 5.41 Å². The number of aromatic amines is 1. The van der Waals surface area contributed by atoms with Crippen LogP contribution in [0, 0.1) is 5.41 Å². The number of anilines is 1. The van der Waals surface area contributed by atoms with E-state index in [1.165, 1.54) is 24.5 Å². The number of carbonyl (C=O) groups excluding carboxylic acids is 1. The van der Waals surface area contributed by atoms with E-state index in [2.05, 4.69) is 35.6 Å². The summed E-state index contributed by atoms with van der Waals surface area (Å²) in [5.74, 6) is -0.376. The topological polar surface area (TPSA) is 128 Å². The fourth-order valence-electron chi connectivity index (χ4n) is 3.95. The number of H-pyrrole nitrogens is 1. The van der Waals surface area contributed by atoms with Gasteiger partial charge in [-0.15, -0.1) is 0 Å². The van der Waals surface area contributed by atoms with Crippen LogP contribution in [0.15, 0.2) is 30.6 Å². The average Bonchev–Trinajstić information content (AvgIpc) is 3.22. The van der Waals surface area contributed by atoms with Gasteiger partial charge in [-0.3, -0.25) is 10.2 Å². The standard InChI is InChI=1S/C24H29F2N7O2/c1-24(2,3)33-22(34)16-11-29-21-20(16)32-18(12-30-21)19(27)15-10-14(35-23(25)26)4-5-17(15)31-13-6-8-28-9-7-13/h4-5,10-13,23,27-28,31H,6-9H2,1-3H3,(H,29,30)(H,33,34). The molecular formula is C24H29F2N7O2. The summed E-state index contributed by atoms with van der Waals surface area (Å²) in [7, 11) is 0. The highest BCUT2D eigenvalue weighted by atomic mass is 19.3. The Morgan fingerprint density at radius 1 is 1.23 bits per heavy atom. The Morgan fingerprint density at radius 2 is 1.97 bits per heavy atom. The van der Waals surface area contributed by atoms with Gasteiger partial charge in [-0.2, -0.15) is 8.78 Å². The summed E-state index contributed by atoms with van der Waals surface area (Å²) in [6, 6.07) is 4.65. The lowest BCUT2D eigenvalue weighted by Crippen LogP contribution is -2.40. The maximum atomic E-state index is 12.9. The van der Waals surface area contributed by atoms with Gasteiger partial charge in [0.15, 0.2) is 5.65 Å². The summed E-state index contributed by atoms with van der Waals surface area (Å²) in [5, 5.41) is 18.5. The van der Waals surface area contributed by atoms with Gasteiger partial charge >= 0.3 is 6.61 Å². The molecule has 0 unspecified atom stereocenters. The van der Waals surface area contributed by atoms with E-state index in [9.17, 15) is 13.6 Å². The van der Waals surface area contributed by atoms with Crippen LogP contribution in [-0.4, -0.2) is 57.9 Å². The molecule has 11 heteroatoms. The highest BCUT2D eigenvalue weighted by Crippen LogP contribution is 2.28. The maximum absolute atomic E-state index is 12.9. The highest BCUT2D eigenvalue weighted by Gasteiger charge is 2.22. The maximum Gasteiger partial charge on any atom is 0.387 e. The second-order valence-corrected chi connectivity index (χ2v) is 9.49. The molecule has 1 amide bonds. The first kappa shape index (κ1) is 24.5. The number of piperidine rings is 1. The van der Waals surface area contributed by atoms with Crippen LogP contribution in [0.5, 0.6) is 5.75 Å². The second-order valence-electron chi connectivity index (χ2n) is 9.49. The predicted octanol–water partition coefficient (Wildman–Crippen LogP) is 3.67. The van der Waals surface area contributed by atoms with Crippen molar-refractivity contribution in [1.82, 2.24) is 25.6 Å². The Morgan fingerprint density at radius 3 is 2.66 bits per heavy atom. The summed E-state index contributed by atoms with van der Waals surface area (Å²) in [5.41, 5.74) is 1.73. The normalized spacial score (nSPS) is 14.8. The number of halogens is 2. The van der Waals surface area contributed by atoms with E-state index in [1.54, 1.807) is 6.07 Å². The first-order valence-electron chi connectivity index (χ1n) is 11.4. The number of nitrogens with zero attached hydrogens (tertiary/aromatic N) is 2. The van der Waals surface area contributed by atoms with E-state index in [0.717, 1.165) is 25.9 Å². The number of ether oxygens (including phenoxy) is 1. The van der Waals surface area contributed by atoms with Gasteiger partial charge in [0.2, 0.25) is 0 Å². The van der Waals surface area contributed by atoms with Crippen molar-refractivity contribution in [2.45, 2.75) is 51.8 Å². The second kappa shape index (κ2) is 9.95. The van der Waals surface area contributed by atoms with Gasteiger partial charge in [0.25, 0.3) is 5.91 Å². The third kappa shape index (κ3) is 5.91. The third-order valence-corrected chi connectivity index (χ3v) is 5.55. The molecule has 0 aliphatic carbocycles. The van der Waals surface area contributed by atoms with Crippen LogP contribution in [0.2, 0.25) is 0 Å². The molecule has 1 saturated heterocycles. The molecule has 35 heavy (non-hydrogen) atoms. The Bertz CT molecular complexity index is 1230.